The number of imidazole rings is 1. The Kier molecular flexibility index (Phi) is 2.05. The van der Waals surface area contributed by atoms with Crippen LogP contribution in [0.15, 0.2) is 24.3 Å². The molecule has 2 rings (SSSR count). The van der Waals surface area contributed by atoms with Crippen molar-refractivity contribution >= 4 is 11.0 Å². The van der Waals surface area contributed by atoms with Gasteiger partial charge in [0.2, 0.25) is 6.33 Å². The Labute approximate surface area is 78.4 Å². The molecule has 0 N–H and O–H groups in total. The van der Waals surface area contributed by atoms with Crippen LogP contribution in [0.3, 0.4) is 0 Å². The number of nitrogens with zero attached hydrogens (tertiary/aromatic N) is 2. The summed E-state index contributed by atoms with van der Waals surface area (Å²) in [6.07, 6.45) is 4.43. The summed E-state index contributed by atoms with van der Waals surface area (Å²) in [5.41, 5.74) is 2.52. The Balaban J connectivity index is 2.63. The first kappa shape index (κ1) is 8.30. The van der Waals surface area contributed by atoms with E-state index in [1.165, 1.54) is 11.0 Å². The van der Waals surface area contributed by atoms with Gasteiger partial charge in [-0.2, -0.15) is 0 Å². The van der Waals surface area contributed by atoms with E-state index in [1.807, 2.05) is 11.6 Å². The molecule has 2 aromatic rings. The maximum absolute atomic E-state index is 3.29. The largest absolute Gasteiger partial charge is 0.347 e. The van der Waals surface area contributed by atoms with Crippen molar-refractivity contribution in [2.45, 2.75) is 19.9 Å². The Morgan fingerprint density at radius 1 is 1.38 bits per heavy atom. The van der Waals surface area contributed by atoms with Gasteiger partial charge < -0.3 is 9.13 Å². The van der Waals surface area contributed by atoms with Crippen molar-refractivity contribution < 1.29 is 4.57 Å². The van der Waals surface area contributed by atoms with Crippen molar-refractivity contribution in [3.8, 4) is 0 Å². The molecule has 1 aromatic carbocycles. The maximum atomic E-state index is 3.29. The van der Waals surface area contributed by atoms with Crippen molar-refractivity contribution in [1.82, 2.24) is 4.57 Å². The van der Waals surface area contributed by atoms with Crippen molar-refractivity contribution in [2.75, 3.05) is 0 Å². The molecule has 0 saturated carbocycles. The topological polar surface area (TPSA) is 8.81 Å². The minimum absolute atomic E-state index is 1.04. The van der Waals surface area contributed by atoms with Crippen LogP contribution < -0.4 is 4.57 Å². The van der Waals surface area contributed by atoms with E-state index in [1.54, 1.807) is 0 Å². The molecule has 68 valence electrons. The van der Waals surface area contributed by atoms with E-state index in [-0.39, 0.29) is 0 Å². The maximum Gasteiger partial charge on any atom is 0.204 e. The number of fused-ring (bicyclic) bond motifs is 1. The summed E-state index contributed by atoms with van der Waals surface area (Å²) in [4.78, 5) is 0. The molecule has 1 heterocycles. The van der Waals surface area contributed by atoms with E-state index >= 15 is 0 Å². The predicted octanol–water partition coefficient (Wildman–Crippen LogP) is 1.68. The second-order valence-corrected chi connectivity index (χ2v) is 3.30. The van der Waals surface area contributed by atoms with Gasteiger partial charge >= 0.3 is 0 Å². The molecule has 0 atom stereocenters. The summed E-state index contributed by atoms with van der Waals surface area (Å²) in [5.74, 6) is 0. The van der Waals surface area contributed by atoms with Crippen molar-refractivity contribution in [2.24, 2.45) is 7.05 Å². The summed E-state index contributed by atoms with van der Waals surface area (Å²) in [7, 11) is 2.04. The smallest absolute Gasteiger partial charge is 0.204 e. The van der Waals surface area contributed by atoms with E-state index in [9.17, 15) is 0 Å². The van der Waals surface area contributed by atoms with Gasteiger partial charge in [0, 0.05) is 11.0 Å². The van der Waals surface area contributed by atoms with Crippen LogP contribution in [0.2, 0.25) is 0 Å². The zero-order valence-corrected chi connectivity index (χ0v) is 8.12. The molecular formula is C11H14N2. The molecule has 0 fully saturated rings. The Morgan fingerprint density at radius 2 is 2.15 bits per heavy atom. The predicted molar refractivity (Wildman–Crippen MR) is 52.2 cm³/mol. The number of hydrogen-bond acceptors (Lipinski definition) is 0. The summed E-state index contributed by atoms with van der Waals surface area (Å²) in [5, 5.41) is 0. The molecule has 0 amide bonds. The second-order valence-electron chi connectivity index (χ2n) is 3.30. The molecule has 0 bridgehead atoms. The number of hydrogen-bond donors (Lipinski definition) is 0. The number of rotatable bonds is 2. The van der Waals surface area contributed by atoms with Crippen molar-refractivity contribution in [3.05, 3.63) is 30.6 Å². The van der Waals surface area contributed by atoms with E-state index in [0.29, 0.717) is 0 Å². The van der Waals surface area contributed by atoms with Gasteiger partial charge in [0.05, 0.1) is 13.6 Å². The molecule has 0 unspecified atom stereocenters. The highest BCUT2D eigenvalue weighted by Gasteiger charge is 2.00. The fraction of sp³-hybridized carbons (Fsp3) is 0.364. The van der Waals surface area contributed by atoms with Crippen LogP contribution in [0.4, 0.5) is 0 Å². The van der Waals surface area contributed by atoms with Crippen LogP contribution in [0.5, 0.6) is 0 Å². The lowest BCUT2D eigenvalue weighted by molar-refractivity contribution is -0.676. The minimum atomic E-state index is 1.04. The molecule has 1 aromatic heterocycles. The van der Waals surface area contributed by atoms with Gasteiger partial charge in [-0.05, 0) is 6.42 Å². The van der Waals surface area contributed by atoms with Gasteiger partial charge in [-0.1, -0.05) is 31.2 Å². The zero-order valence-electron chi connectivity index (χ0n) is 8.12. The lowest BCUT2D eigenvalue weighted by Gasteiger charge is -2.00. The fourth-order valence-electron chi connectivity index (χ4n) is 1.66. The average molecular weight is 174 g/mol. The molecule has 0 radical (unpaired) electrons. The first-order valence-electron chi connectivity index (χ1n) is 4.69. The lowest BCUT2D eigenvalue weighted by Crippen LogP contribution is -2.32. The van der Waals surface area contributed by atoms with Crippen LogP contribution in [0.25, 0.3) is 11.0 Å². The molecule has 0 spiro atoms. The van der Waals surface area contributed by atoms with E-state index in [2.05, 4.69) is 42.1 Å². The third-order valence-electron chi connectivity index (χ3n) is 2.25. The van der Waals surface area contributed by atoms with Crippen molar-refractivity contribution in [1.29, 1.82) is 0 Å². The Morgan fingerprint density at radius 3 is 2.92 bits per heavy atom. The molecule has 13 heavy (non-hydrogen) atoms. The van der Waals surface area contributed by atoms with Gasteiger partial charge in [-0.15, -0.1) is 0 Å². The Hall–Kier alpha value is -1.31. The van der Waals surface area contributed by atoms with Crippen LogP contribution in [0.1, 0.15) is 13.3 Å². The zero-order chi connectivity index (χ0) is 9.26. The van der Waals surface area contributed by atoms with E-state index in [0.717, 1.165) is 13.0 Å². The highest BCUT2D eigenvalue weighted by atomic mass is 15.1. The average Bonchev–Trinajstić information content (AvgIpc) is 2.46. The summed E-state index contributed by atoms with van der Waals surface area (Å²) < 4.78 is 4.22. The second kappa shape index (κ2) is 3.21. The SMILES string of the molecule is CCC[n+]1[c-]n(C)c2ccccc21. The standard InChI is InChI=1S/C11H14N2/c1-3-8-13-9-12(2)10-6-4-5-7-11(10)13/h4-7H,3,8H2,1-2H3. The van der Waals surface area contributed by atoms with Gasteiger partial charge in [-0.25, -0.2) is 0 Å². The quantitative estimate of drug-likeness (QED) is 0.484. The number of benzene rings is 1. The van der Waals surface area contributed by atoms with Crippen LogP contribution in [-0.2, 0) is 13.6 Å². The third kappa shape index (κ3) is 1.32. The lowest BCUT2D eigenvalue weighted by atomic mass is 10.3. The van der Waals surface area contributed by atoms with E-state index in [4.69, 9.17) is 0 Å². The van der Waals surface area contributed by atoms with E-state index < -0.39 is 0 Å². The van der Waals surface area contributed by atoms with Gasteiger partial charge in [0.25, 0.3) is 0 Å². The molecule has 0 aliphatic carbocycles. The highest BCUT2D eigenvalue weighted by Crippen LogP contribution is 2.08. The van der Waals surface area contributed by atoms with Crippen LogP contribution >= 0.6 is 0 Å². The molecule has 0 aliphatic rings. The molecular weight excluding hydrogens is 160 g/mol. The highest BCUT2D eigenvalue weighted by molar-refractivity contribution is 5.71. The fourth-order valence-corrected chi connectivity index (χ4v) is 1.66. The van der Waals surface area contributed by atoms with Crippen LogP contribution in [0, 0.1) is 6.33 Å². The molecule has 2 heteroatoms. The summed E-state index contributed by atoms with van der Waals surface area (Å²) in [6.45, 7) is 3.23. The van der Waals surface area contributed by atoms with Gasteiger partial charge in [-0.3, -0.25) is 0 Å². The number of para-hydroxylation sites is 2. The van der Waals surface area contributed by atoms with Crippen molar-refractivity contribution in [3.63, 3.8) is 0 Å². The Bertz CT molecular complexity index is 415. The summed E-state index contributed by atoms with van der Waals surface area (Å²) >= 11 is 0. The molecule has 0 aliphatic heterocycles. The monoisotopic (exact) mass is 174 g/mol. The summed E-state index contributed by atoms with van der Waals surface area (Å²) in [6, 6.07) is 8.40. The third-order valence-corrected chi connectivity index (χ3v) is 2.25. The molecule has 0 saturated heterocycles. The van der Waals surface area contributed by atoms with Gasteiger partial charge in [0.1, 0.15) is 0 Å². The number of aryl methyl sites for hydroxylation is 2. The number of aromatic nitrogens is 2. The minimum Gasteiger partial charge on any atom is -0.347 e. The van der Waals surface area contributed by atoms with Crippen LogP contribution in [-0.4, -0.2) is 4.57 Å². The first-order chi connectivity index (χ1) is 6.33. The molecule has 2 nitrogen and oxygen atoms in total. The first-order valence-corrected chi connectivity index (χ1v) is 4.69. The van der Waals surface area contributed by atoms with Gasteiger partial charge in [0.15, 0.2) is 0 Å². The normalized spacial score (nSPS) is 10.9.